The Bertz CT molecular complexity index is 760. The first-order valence-corrected chi connectivity index (χ1v) is 7.84. The minimum atomic E-state index is 0.225. The Kier molecular flexibility index (Phi) is 4.33. The molecule has 3 rings (SSSR count). The second-order valence-electron chi connectivity index (χ2n) is 5.65. The van der Waals surface area contributed by atoms with Gasteiger partial charge in [0.25, 0.3) is 0 Å². The molecule has 0 aliphatic rings. The molecule has 3 aromatic rings. The van der Waals surface area contributed by atoms with E-state index < -0.39 is 0 Å². The number of H-pyrrole nitrogens is 1. The molecule has 0 radical (unpaired) electrons. The van der Waals surface area contributed by atoms with Gasteiger partial charge in [-0.25, -0.2) is 0 Å². The monoisotopic (exact) mass is 307 g/mol. The standard InChI is InChI=1S/C19H21N3O/c1-3-13(2)23-17-10-6-15(7-11-17)19-12-18(21-22-19)14-4-8-16(20)9-5-14/h4-13H,3,20H2,1-2H3,(H,21,22). The van der Waals surface area contributed by atoms with E-state index >= 15 is 0 Å². The molecular formula is C19H21N3O. The number of hydrogen-bond acceptors (Lipinski definition) is 3. The minimum Gasteiger partial charge on any atom is -0.491 e. The van der Waals surface area contributed by atoms with Gasteiger partial charge in [0.15, 0.2) is 0 Å². The van der Waals surface area contributed by atoms with Gasteiger partial charge in [0.2, 0.25) is 0 Å². The lowest BCUT2D eigenvalue weighted by Gasteiger charge is -2.12. The minimum absolute atomic E-state index is 0.225. The number of anilines is 1. The number of nitrogens with one attached hydrogen (secondary N) is 1. The van der Waals surface area contributed by atoms with E-state index in [1.807, 2.05) is 54.6 Å². The van der Waals surface area contributed by atoms with Crippen LogP contribution in [0.1, 0.15) is 20.3 Å². The first kappa shape index (κ1) is 15.2. The van der Waals surface area contributed by atoms with E-state index in [2.05, 4.69) is 24.0 Å². The third kappa shape index (κ3) is 3.54. The molecule has 1 heterocycles. The van der Waals surface area contributed by atoms with Crippen LogP contribution in [-0.2, 0) is 0 Å². The number of aromatic nitrogens is 2. The number of ether oxygens (including phenoxy) is 1. The average Bonchev–Trinajstić information content (AvgIpc) is 3.06. The Morgan fingerprint density at radius 1 is 1.04 bits per heavy atom. The first-order valence-electron chi connectivity index (χ1n) is 7.84. The van der Waals surface area contributed by atoms with Crippen molar-refractivity contribution in [3.05, 3.63) is 54.6 Å². The van der Waals surface area contributed by atoms with Crippen LogP contribution in [0.4, 0.5) is 5.69 Å². The van der Waals surface area contributed by atoms with Crippen molar-refractivity contribution < 1.29 is 4.74 Å². The van der Waals surface area contributed by atoms with Gasteiger partial charge >= 0.3 is 0 Å². The number of benzene rings is 2. The molecule has 0 aliphatic carbocycles. The van der Waals surface area contributed by atoms with Gasteiger partial charge < -0.3 is 10.5 Å². The Morgan fingerprint density at radius 3 is 2.35 bits per heavy atom. The Hall–Kier alpha value is -2.75. The fourth-order valence-electron chi connectivity index (χ4n) is 2.30. The van der Waals surface area contributed by atoms with E-state index in [1.54, 1.807) is 0 Å². The number of nitrogens with two attached hydrogens (primary N) is 1. The van der Waals surface area contributed by atoms with Gasteiger partial charge in [0.05, 0.1) is 17.5 Å². The Labute approximate surface area is 136 Å². The number of hydrogen-bond donors (Lipinski definition) is 2. The summed E-state index contributed by atoms with van der Waals surface area (Å²) in [6, 6.07) is 17.8. The fourth-order valence-corrected chi connectivity index (χ4v) is 2.30. The SMILES string of the molecule is CCC(C)Oc1ccc(-c2cc(-c3ccc(N)cc3)[nH]n2)cc1. The third-order valence-corrected chi connectivity index (χ3v) is 3.86. The lowest BCUT2D eigenvalue weighted by molar-refractivity contribution is 0.217. The molecule has 0 spiro atoms. The zero-order valence-corrected chi connectivity index (χ0v) is 13.4. The van der Waals surface area contributed by atoms with Crippen LogP contribution in [0.3, 0.4) is 0 Å². The highest BCUT2D eigenvalue weighted by atomic mass is 16.5. The van der Waals surface area contributed by atoms with Crippen LogP contribution < -0.4 is 10.5 Å². The highest BCUT2D eigenvalue weighted by Crippen LogP contribution is 2.26. The fraction of sp³-hybridized carbons (Fsp3) is 0.211. The zero-order valence-electron chi connectivity index (χ0n) is 13.4. The van der Waals surface area contributed by atoms with Crippen molar-refractivity contribution in [3.8, 4) is 28.3 Å². The summed E-state index contributed by atoms with van der Waals surface area (Å²) >= 11 is 0. The van der Waals surface area contributed by atoms with Crippen molar-refractivity contribution in [2.75, 3.05) is 5.73 Å². The van der Waals surface area contributed by atoms with E-state index in [0.29, 0.717) is 0 Å². The van der Waals surface area contributed by atoms with Crippen molar-refractivity contribution in [1.82, 2.24) is 10.2 Å². The van der Waals surface area contributed by atoms with Gasteiger partial charge in [-0.3, -0.25) is 5.10 Å². The summed E-state index contributed by atoms with van der Waals surface area (Å²) in [7, 11) is 0. The van der Waals surface area contributed by atoms with Gasteiger partial charge in [-0.05, 0) is 61.4 Å². The molecule has 4 nitrogen and oxygen atoms in total. The normalized spacial score (nSPS) is 12.1. The molecule has 1 unspecified atom stereocenters. The molecule has 0 fully saturated rings. The summed E-state index contributed by atoms with van der Waals surface area (Å²) in [4.78, 5) is 0. The highest BCUT2D eigenvalue weighted by molar-refractivity contribution is 5.69. The Balaban J connectivity index is 1.78. The van der Waals surface area contributed by atoms with Gasteiger partial charge in [-0.2, -0.15) is 5.10 Å². The van der Waals surface area contributed by atoms with Crippen molar-refractivity contribution >= 4 is 5.69 Å². The maximum Gasteiger partial charge on any atom is 0.119 e. The van der Waals surface area contributed by atoms with E-state index in [-0.39, 0.29) is 6.10 Å². The Morgan fingerprint density at radius 2 is 1.70 bits per heavy atom. The van der Waals surface area contributed by atoms with Crippen LogP contribution in [0.5, 0.6) is 5.75 Å². The topological polar surface area (TPSA) is 63.9 Å². The smallest absolute Gasteiger partial charge is 0.119 e. The molecule has 118 valence electrons. The molecule has 0 bridgehead atoms. The van der Waals surface area contributed by atoms with Crippen LogP contribution in [0.15, 0.2) is 54.6 Å². The van der Waals surface area contributed by atoms with Gasteiger partial charge in [0, 0.05) is 11.3 Å². The lowest BCUT2D eigenvalue weighted by Crippen LogP contribution is -2.09. The number of nitrogen functional groups attached to an aromatic ring is 1. The second-order valence-corrected chi connectivity index (χ2v) is 5.65. The van der Waals surface area contributed by atoms with Gasteiger partial charge in [0.1, 0.15) is 5.75 Å². The molecule has 3 N–H and O–H groups in total. The molecule has 0 amide bonds. The zero-order chi connectivity index (χ0) is 16.2. The molecule has 2 aromatic carbocycles. The molecule has 0 saturated heterocycles. The molecular weight excluding hydrogens is 286 g/mol. The van der Waals surface area contributed by atoms with E-state index in [4.69, 9.17) is 10.5 Å². The quantitative estimate of drug-likeness (QED) is 0.682. The van der Waals surface area contributed by atoms with Crippen LogP contribution in [0.25, 0.3) is 22.5 Å². The van der Waals surface area contributed by atoms with Gasteiger partial charge in [-0.1, -0.05) is 19.1 Å². The van der Waals surface area contributed by atoms with Crippen LogP contribution in [-0.4, -0.2) is 16.3 Å². The number of aromatic amines is 1. The van der Waals surface area contributed by atoms with Gasteiger partial charge in [-0.15, -0.1) is 0 Å². The maximum absolute atomic E-state index is 5.80. The van der Waals surface area contributed by atoms with Crippen LogP contribution in [0, 0.1) is 0 Å². The van der Waals surface area contributed by atoms with Crippen molar-refractivity contribution in [1.29, 1.82) is 0 Å². The van der Waals surface area contributed by atoms with Crippen molar-refractivity contribution in [2.45, 2.75) is 26.4 Å². The van der Waals surface area contributed by atoms with Crippen LogP contribution >= 0.6 is 0 Å². The summed E-state index contributed by atoms with van der Waals surface area (Å²) in [6.07, 6.45) is 1.22. The summed E-state index contributed by atoms with van der Waals surface area (Å²) < 4.78 is 5.80. The average molecular weight is 307 g/mol. The largest absolute Gasteiger partial charge is 0.491 e. The first-order chi connectivity index (χ1) is 11.2. The summed E-state index contributed by atoms with van der Waals surface area (Å²) in [5.74, 6) is 0.886. The summed E-state index contributed by atoms with van der Waals surface area (Å²) in [5, 5.41) is 7.47. The molecule has 0 aliphatic heterocycles. The predicted octanol–water partition coefficient (Wildman–Crippen LogP) is 4.50. The van der Waals surface area contributed by atoms with E-state index in [9.17, 15) is 0 Å². The maximum atomic E-state index is 5.80. The number of nitrogens with zero attached hydrogens (tertiary/aromatic N) is 1. The van der Waals surface area contributed by atoms with Crippen molar-refractivity contribution in [3.63, 3.8) is 0 Å². The highest BCUT2D eigenvalue weighted by Gasteiger charge is 2.07. The molecule has 0 saturated carbocycles. The van der Waals surface area contributed by atoms with Crippen molar-refractivity contribution in [2.24, 2.45) is 0 Å². The molecule has 1 atom stereocenters. The van der Waals surface area contributed by atoms with E-state index in [0.717, 1.165) is 40.4 Å². The predicted molar refractivity (Wildman–Crippen MR) is 94.3 cm³/mol. The third-order valence-electron chi connectivity index (χ3n) is 3.86. The van der Waals surface area contributed by atoms with E-state index in [1.165, 1.54) is 0 Å². The second kappa shape index (κ2) is 6.57. The molecule has 4 heteroatoms. The summed E-state index contributed by atoms with van der Waals surface area (Å²) in [6.45, 7) is 4.18. The lowest BCUT2D eigenvalue weighted by atomic mass is 10.1. The number of rotatable bonds is 5. The molecule has 1 aromatic heterocycles. The van der Waals surface area contributed by atoms with Crippen LogP contribution in [0.2, 0.25) is 0 Å². The molecule has 23 heavy (non-hydrogen) atoms. The summed E-state index contributed by atoms with van der Waals surface area (Å²) in [5.41, 5.74) is 10.5.